The minimum absolute atomic E-state index is 0.655. The zero-order valence-corrected chi connectivity index (χ0v) is 12.3. The average molecular weight is 288 g/mol. The first-order valence-corrected chi connectivity index (χ1v) is 6.64. The molecule has 20 heavy (non-hydrogen) atoms. The third-order valence-electron chi connectivity index (χ3n) is 3.37. The first kappa shape index (κ1) is 12.9. The Hall–Kier alpha value is -2.07. The van der Waals surface area contributed by atoms with E-state index in [1.807, 2.05) is 44.3 Å². The molecule has 2 heterocycles. The molecule has 0 saturated heterocycles. The lowest BCUT2D eigenvalue weighted by molar-refractivity contribution is 0.415. The maximum atomic E-state index is 6.21. The van der Waals surface area contributed by atoms with Gasteiger partial charge < -0.3 is 4.74 Å². The van der Waals surface area contributed by atoms with Crippen LogP contribution in [0.1, 0.15) is 11.4 Å². The normalized spacial score (nSPS) is 11.0. The van der Waals surface area contributed by atoms with Gasteiger partial charge in [-0.25, -0.2) is 9.50 Å². The Morgan fingerprint density at radius 1 is 1.15 bits per heavy atom. The number of ether oxygens (including phenoxy) is 1. The fourth-order valence-electron chi connectivity index (χ4n) is 2.23. The summed E-state index contributed by atoms with van der Waals surface area (Å²) in [7, 11) is 1.65. The summed E-state index contributed by atoms with van der Waals surface area (Å²) in [4.78, 5) is 4.55. The van der Waals surface area contributed by atoms with Gasteiger partial charge in [0.2, 0.25) is 0 Å². The summed E-state index contributed by atoms with van der Waals surface area (Å²) in [6, 6.07) is 7.84. The van der Waals surface area contributed by atoms with Crippen molar-refractivity contribution >= 4 is 17.2 Å². The molecule has 5 heteroatoms. The molecular weight excluding hydrogens is 274 g/mol. The van der Waals surface area contributed by atoms with Crippen molar-refractivity contribution in [3.63, 3.8) is 0 Å². The van der Waals surface area contributed by atoms with Gasteiger partial charge in [-0.3, -0.25) is 0 Å². The average Bonchev–Trinajstić information content (AvgIpc) is 2.89. The number of benzene rings is 1. The summed E-state index contributed by atoms with van der Waals surface area (Å²) in [5, 5.41) is 5.03. The Bertz CT molecular complexity index is 778. The van der Waals surface area contributed by atoms with Crippen molar-refractivity contribution in [1.82, 2.24) is 14.6 Å². The van der Waals surface area contributed by atoms with Crippen LogP contribution in [0, 0.1) is 13.8 Å². The largest absolute Gasteiger partial charge is 0.497 e. The molecule has 0 atom stereocenters. The molecule has 0 aliphatic heterocycles. The lowest BCUT2D eigenvalue weighted by Gasteiger charge is -2.06. The Morgan fingerprint density at radius 2 is 1.85 bits per heavy atom. The summed E-state index contributed by atoms with van der Waals surface area (Å²) in [5.41, 5.74) is 4.56. The molecule has 0 bridgehead atoms. The van der Waals surface area contributed by atoms with Gasteiger partial charge in [0.25, 0.3) is 0 Å². The van der Waals surface area contributed by atoms with Crippen molar-refractivity contribution in [2.45, 2.75) is 13.8 Å². The van der Waals surface area contributed by atoms with Crippen molar-refractivity contribution in [1.29, 1.82) is 0 Å². The molecule has 0 aliphatic rings. The number of rotatable bonds is 2. The molecule has 3 aromatic rings. The van der Waals surface area contributed by atoms with Gasteiger partial charge in [0, 0.05) is 5.56 Å². The molecular formula is C15H14ClN3O. The monoisotopic (exact) mass is 287 g/mol. The van der Waals surface area contributed by atoms with E-state index in [1.54, 1.807) is 11.6 Å². The fraction of sp³-hybridized carbons (Fsp3) is 0.200. The number of aromatic nitrogens is 3. The van der Waals surface area contributed by atoms with Gasteiger partial charge in [0.05, 0.1) is 29.7 Å². The van der Waals surface area contributed by atoms with Crippen LogP contribution in [0.15, 0.2) is 30.5 Å². The molecule has 2 aromatic heterocycles. The van der Waals surface area contributed by atoms with Crippen LogP contribution in [0.3, 0.4) is 0 Å². The van der Waals surface area contributed by atoms with Gasteiger partial charge in [-0.15, -0.1) is 0 Å². The van der Waals surface area contributed by atoms with E-state index in [4.69, 9.17) is 16.3 Å². The second-order valence-corrected chi connectivity index (χ2v) is 5.00. The van der Waals surface area contributed by atoms with Crippen molar-refractivity contribution < 1.29 is 4.74 Å². The standard InChI is InChI=1S/C15H14ClN3O/c1-9-14(16)10(2)19-15(18-9)13(8-17-19)11-4-6-12(20-3)7-5-11/h4-8H,1-3H3. The molecule has 0 fully saturated rings. The maximum absolute atomic E-state index is 6.21. The third-order valence-corrected chi connectivity index (χ3v) is 3.92. The summed E-state index contributed by atoms with van der Waals surface area (Å²) in [5.74, 6) is 0.827. The fourth-order valence-corrected chi connectivity index (χ4v) is 2.35. The number of methoxy groups -OCH3 is 1. The van der Waals surface area contributed by atoms with Crippen molar-refractivity contribution in [3.8, 4) is 16.9 Å². The van der Waals surface area contributed by atoms with Crippen molar-refractivity contribution in [2.24, 2.45) is 0 Å². The molecule has 102 valence electrons. The Labute approximate surface area is 122 Å². The highest BCUT2D eigenvalue weighted by molar-refractivity contribution is 6.31. The van der Waals surface area contributed by atoms with Crippen LogP contribution in [0.2, 0.25) is 5.02 Å². The Morgan fingerprint density at radius 3 is 2.50 bits per heavy atom. The summed E-state index contributed by atoms with van der Waals surface area (Å²) in [6.45, 7) is 3.84. The van der Waals surface area contributed by atoms with E-state index in [-0.39, 0.29) is 0 Å². The molecule has 0 aliphatic carbocycles. The highest BCUT2D eigenvalue weighted by atomic mass is 35.5. The molecule has 0 amide bonds. The topological polar surface area (TPSA) is 39.4 Å². The number of halogens is 1. The summed E-state index contributed by atoms with van der Waals surface area (Å²) in [6.07, 6.45) is 1.81. The molecule has 3 rings (SSSR count). The summed E-state index contributed by atoms with van der Waals surface area (Å²) >= 11 is 6.21. The van der Waals surface area contributed by atoms with Gasteiger partial charge in [0.1, 0.15) is 5.75 Å². The maximum Gasteiger partial charge on any atom is 0.163 e. The molecule has 0 spiro atoms. The van der Waals surface area contributed by atoms with Crippen LogP contribution < -0.4 is 4.74 Å². The number of hydrogen-bond donors (Lipinski definition) is 0. The van der Waals surface area contributed by atoms with Gasteiger partial charge >= 0.3 is 0 Å². The van der Waals surface area contributed by atoms with Crippen LogP contribution in [-0.4, -0.2) is 21.7 Å². The Balaban J connectivity index is 2.21. The van der Waals surface area contributed by atoms with Gasteiger partial charge in [-0.2, -0.15) is 5.10 Å². The Kier molecular flexibility index (Phi) is 3.10. The van der Waals surface area contributed by atoms with Crippen LogP contribution in [0.25, 0.3) is 16.8 Å². The predicted octanol–water partition coefficient (Wildman–Crippen LogP) is 3.68. The molecule has 0 radical (unpaired) electrons. The first-order valence-electron chi connectivity index (χ1n) is 6.26. The number of aryl methyl sites for hydroxylation is 2. The molecule has 0 unspecified atom stereocenters. The SMILES string of the molecule is COc1ccc(-c2cnn3c(C)c(Cl)c(C)nc23)cc1. The zero-order valence-electron chi connectivity index (χ0n) is 11.5. The number of fused-ring (bicyclic) bond motifs is 1. The second kappa shape index (κ2) is 4.80. The number of hydrogen-bond acceptors (Lipinski definition) is 3. The second-order valence-electron chi connectivity index (χ2n) is 4.62. The third kappa shape index (κ3) is 1.93. The highest BCUT2D eigenvalue weighted by Crippen LogP contribution is 2.28. The molecule has 4 nitrogen and oxygen atoms in total. The predicted molar refractivity (Wildman–Crippen MR) is 79.5 cm³/mol. The van der Waals surface area contributed by atoms with E-state index in [0.29, 0.717) is 5.02 Å². The lowest BCUT2D eigenvalue weighted by atomic mass is 10.1. The highest BCUT2D eigenvalue weighted by Gasteiger charge is 2.13. The van der Waals surface area contributed by atoms with Crippen molar-refractivity contribution in [3.05, 3.63) is 46.9 Å². The summed E-state index contributed by atoms with van der Waals surface area (Å²) < 4.78 is 6.95. The minimum atomic E-state index is 0.655. The molecule has 0 saturated carbocycles. The van der Waals surface area contributed by atoms with Crippen LogP contribution in [0.5, 0.6) is 5.75 Å². The van der Waals surface area contributed by atoms with Gasteiger partial charge in [-0.1, -0.05) is 23.7 Å². The van der Waals surface area contributed by atoms with E-state index in [1.165, 1.54) is 0 Å². The molecule has 1 aromatic carbocycles. The minimum Gasteiger partial charge on any atom is -0.497 e. The van der Waals surface area contributed by atoms with Gasteiger partial charge in [0.15, 0.2) is 5.65 Å². The van der Waals surface area contributed by atoms with E-state index < -0.39 is 0 Å². The zero-order chi connectivity index (χ0) is 14.3. The van der Waals surface area contributed by atoms with Crippen molar-refractivity contribution in [2.75, 3.05) is 7.11 Å². The molecule has 0 N–H and O–H groups in total. The van der Waals surface area contributed by atoms with Crippen LogP contribution in [-0.2, 0) is 0 Å². The van der Waals surface area contributed by atoms with Crippen LogP contribution >= 0.6 is 11.6 Å². The van der Waals surface area contributed by atoms with Gasteiger partial charge in [-0.05, 0) is 31.5 Å². The van der Waals surface area contributed by atoms with E-state index in [2.05, 4.69) is 10.1 Å². The first-order chi connectivity index (χ1) is 9.61. The van der Waals surface area contributed by atoms with Crippen LogP contribution in [0.4, 0.5) is 0 Å². The van der Waals surface area contributed by atoms with E-state index in [9.17, 15) is 0 Å². The lowest BCUT2D eigenvalue weighted by Crippen LogP contribution is -1.99. The number of nitrogens with zero attached hydrogens (tertiary/aromatic N) is 3. The smallest absolute Gasteiger partial charge is 0.163 e. The van der Waals surface area contributed by atoms with E-state index in [0.717, 1.165) is 33.9 Å². The quantitative estimate of drug-likeness (QED) is 0.722. The van der Waals surface area contributed by atoms with E-state index >= 15 is 0 Å².